The molecule has 18 heavy (non-hydrogen) atoms. The third-order valence-electron chi connectivity index (χ3n) is 3.32. The molecule has 0 amide bonds. The molecular weight excluding hydrogens is 265 g/mol. The van der Waals surface area contributed by atoms with Crippen LogP contribution in [0, 0.1) is 5.92 Å². The Morgan fingerprint density at radius 1 is 1.17 bits per heavy atom. The van der Waals surface area contributed by atoms with Crippen molar-refractivity contribution in [2.24, 2.45) is 5.92 Å². The predicted octanol–water partition coefficient (Wildman–Crippen LogP) is 4.95. The van der Waals surface area contributed by atoms with E-state index in [9.17, 15) is 0 Å². The second-order valence-electron chi connectivity index (χ2n) is 4.90. The van der Waals surface area contributed by atoms with Gasteiger partial charge in [0, 0.05) is 6.04 Å². The summed E-state index contributed by atoms with van der Waals surface area (Å²) >= 11 is 12.0. The van der Waals surface area contributed by atoms with Crippen molar-refractivity contribution in [3.05, 3.63) is 33.8 Å². The van der Waals surface area contributed by atoms with Gasteiger partial charge in [0.25, 0.3) is 0 Å². The maximum Gasteiger partial charge on any atom is 0.0595 e. The second kappa shape index (κ2) is 8.04. The Labute approximate surface area is 121 Å². The molecule has 3 heteroatoms. The molecule has 0 fully saturated rings. The van der Waals surface area contributed by atoms with Crippen molar-refractivity contribution in [2.45, 2.75) is 46.1 Å². The molecule has 102 valence electrons. The minimum atomic E-state index is 0.569. The number of hydrogen-bond acceptors (Lipinski definition) is 1. The smallest absolute Gasteiger partial charge is 0.0595 e. The molecule has 0 heterocycles. The molecule has 0 aliphatic carbocycles. The van der Waals surface area contributed by atoms with Crippen LogP contribution >= 0.6 is 23.2 Å². The van der Waals surface area contributed by atoms with Crippen molar-refractivity contribution in [1.82, 2.24) is 5.32 Å². The molecule has 1 nitrogen and oxygen atoms in total. The summed E-state index contributed by atoms with van der Waals surface area (Å²) in [4.78, 5) is 0. The normalized spacial score (nSPS) is 14.5. The highest BCUT2D eigenvalue weighted by molar-refractivity contribution is 6.42. The van der Waals surface area contributed by atoms with Crippen molar-refractivity contribution < 1.29 is 0 Å². The van der Waals surface area contributed by atoms with E-state index in [2.05, 4.69) is 32.2 Å². The van der Waals surface area contributed by atoms with E-state index in [1.807, 2.05) is 12.1 Å². The van der Waals surface area contributed by atoms with Gasteiger partial charge in [-0.05, 0) is 49.4 Å². The van der Waals surface area contributed by atoms with E-state index in [0.29, 0.717) is 22.0 Å². The highest BCUT2D eigenvalue weighted by Crippen LogP contribution is 2.24. The fourth-order valence-corrected chi connectivity index (χ4v) is 2.58. The molecule has 2 unspecified atom stereocenters. The van der Waals surface area contributed by atoms with Gasteiger partial charge < -0.3 is 5.32 Å². The summed E-state index contributed by atoms with van der Waals surface area (Å²) < 4.78 is 0. The van der Waals surface area contributed by atoms with Gasteiger partial charge >= 0.3 is 0 Å². The van der Waals surface area contributed by atoms with Crippen LogP contribution in [0.15, 0.2) is 18.2 Å². The Hall–Kier alpha value is -0.240. The SMILES string of the molecule is CCCNC(CC)C(C)Cc1ccc(Cl)c(Cl)c1. The molecule has 0 aliphatic heterocycles. The summed E-state index contributed by atoms with van der Waals surface area (Å²) in [6.45, 7) is 7.81. The molecule has 1 N–H and O–H groups in total. The number of rotatable bonds is 7. The molecular formula is C15H23Cl2N. The molecule has 1 aromatic rings. The first-order valence-corrected chi connectivity index (χ1v) is 7.51. The Bertz CT molecular complexity index is 366. The van der Waals surface area contributed by atoms with E-state index in [0.717, 1.165) is 19.4 Å². The standard InChI is InChI=1S/C15H23Cl2N/c1-4-8-18-15(5-2)11(3)9-12-6-7-13(16)14(17)10-12/h6-7,10-11,15,18H,4-5,8-9H2,1-3H3. The van der Waals surface area contributed by atoms with Crippen LogP contribution in [-0.2, 0) is 6.42 Å². The number of nitrogens with one attached hydrogen (secondary N) is 1. The molecule has 0 bridgehead atoms. The van der Waals surface area contributed by atoms with Crippen LogP contribution in [0.2, 0.25) is 10.0 Å². The molecule has 1 rings (SSSR count). The van der Waals surface area contributed by atoms with E-state index in [1.54, 1.807) is 0 Å². The summed E-state index contributed by atoms with van der Waals surface area (Å²) in [5, 5.41) is 4.88. The minimum absolute atomic E-state index is 0.569. The van der Waals surface area contributed by atoms with Crippen LogP contribution < -0.4 is 5.32 Å². The van der Waals surface area contributed by atoms with Gasteiger partial charge in [-0.3, -0.25) is 0 Å². The minimum Gasteiger partial charge on any atom is -0.314 e. The number of halogens is 2. The Balaban J connectivity index is 2.61. The molecule has 1 aromatic carbocycles. The molecule has 0 spiro atoms. The lowest BCUT2D eigenvalue weighted by Crippen LogP contribution is -2.35. The maximum absolute atomic E-state index is 6.05. The van der Waals surface area contributed by atoms with Gasteiger partial charge in [0.05, 0.1) is 10.0 Å². The first-order valence-electron chi connectivity index (χ1n) is 6.75. The van der Waals surface area contributed by atoms with Crippen LogP contribution in [0.1, 0.15) is 39.2 Å². The average molecular weight is 288 g/mol. The lowest BCUT2D eigenvalue weighted by Gasteiger charge is -2.24. The average Bonchev–Trinajstić information content (AvgIpc) is 2.35. The van der Waals surface area contributed by atoms with Crippen molar-refractivity contribution >= 4 is 23.2 Å². The fourth-order valence-electron chi connectivity index (χ4n) is 2.26. The highest BCUT2D eigenvalue weighted by Gasteiger charge is 2.15. The number of hydrogen-bond donors (Lipinski definition) is 1. The third kappa shape index (κ3) is 4.79. The van der Waals surface area contributed by atoms with Crippen LogP contribution in [0.25, 0.3) is 0 Å². The first-order chi connectivity index (χ1) is 8.58. The summed E-state index contributed by atoms with van der Waals surface area (Å²) in [5.74, 6) is 0.596. The predicted molar refractivity (Wildman–Crippen MR) is 81.7 cm³/mol. The monoisotopic (exact) mass is 287 g/mol. The van der Waals surface area contributed by atoms with Crippen LogP contribution in [-0.4, -0.2) is 12.6 Å². The number of benzene rings is 1. The third-order valence-corrected chi connectivity index (χ3v) is 4.06. The maximum atomic E-state index is 6.05. The van der Waals surface area contributed by atoms with Crippen molar-refractivity contribution in [2.75, 3.05) is 6.54 Å². The highest BCUT2D eigenvalue weighted by atomic mass is 35.5. The van der Waals surface area contributed by atoms with E-state index in [-0.39, 0.29) is 0 Å². The Morgan fingerprint density at radius 2 is 1.89 bits per heavy atom. The van der Waals surface area contributed by atoms with Gasteiger partial charge in [-0.1, -0.05) is 50.0 Å². The zero-order valence-electron chi connectivity index (χ0n) is 11.5. The molecule has 0 saturated carbocycles. The topological polar surface area (TPSA) is 12.0 Å². The van der Waals surface area contributed by atoms with Crippen LogP contribution in [0.3, 0.4) is 0 Å². The van der Waals surface area contributed by atoms with E-state index in [4.69, 9.17) is 23.2 Å². The largest absolute Gasteiger partial charge is 0.314 e. The first kappa shape index (κ1) is 15.8. The zero-order valence-corrected chi connectivity index (χ0v) is 13.0. The quantitative estimate of drug-likeness (QED) is 0.748. The van der Waals surface area contributed by atoms with Gasteiger partial charge in [-0.2, -0.15) is 0 Å². The second-order valence-corrected chi connectivity index (χ2v) is 5.71. The fraction of sp³-hybridized carbons (Fsp3) is 0.600. The molecule has 0 radical (unpaired) electrons. The van der Waals surface area contributed by atoms with Gasteiger partial charge in [0.1, 0.15) is 0 Å². The summed E-state index contributed by atoms with van der Waals surface area (Å²) in [5.41, 5.74) is 1.26. The Kier molecular flexibility index (Phi) is 7.06. The van der Waals surface area contributed by atoms with Gasteiger partial charge in [-0.15, -0.1) is 0 Å². The van der Waals surface area contributed by atoms with Crippen LogP contribution in [0.5, 0.6) is 0 Å². The van der Waals surface area contributed by atoms with Gasteiger partial charge in [0.2, 0.25) is 0 Å². The van der Waals surface area contributed by atoms with E-state index < -0.39 is 0 Å². The molecule has 0 aromatic heterocycles. The van der Waals surface area contributed by atoms with Crippen molar-refractivity contribution in [1.29, 1.82) is 0 Å². The Morgan fingerprint density at radius 3 is 2.44 bits per heavy atom. The summed E-state index contributed by atoms with van der Waals surface area (Å²) in [7, 11) is 0. The lowest BCUT2D eigenvalue weighted by atomic mass is 9.92. The molecule has 2 atom stereocenters. The summed E-state index contributed by atoms with van der Waals surface area (Å²) in [6, 6.07) is 6.50. The summed E-state index contributed by atoms with van der Waals surface area (Å²) in [6.07, 6.45) is 3.37. The van der Waals surface area contributed by atoms with E-state index in [1.165, 1.54) is 12.0 Å². The van der Waals surface area contributed by atoms with E-state index >= 15 is 0 Å². The zero-order chi connectivity index (χ0) is 13.5. The van der Waals surface area contributed by atoms with Crippen molar-refractivity contribution in [3.63, 3.8) is 0 Å². The molecule has 0 aliphatic rings. The van der Waals surface area contributed by atoms with Gasteiger partial charge in [-0.25, -0.2) is 0 Å². The lowest BCUT2D eigenvalue weighted by molar-refractivity contribution is 0.365. The van der Waals surface area contributed by atoms with Crippen LogP contribution in [0.4, 0.5) is 0 Å². The van der Waals surface area contributed by atoms with Crippen molar-refractivity contribution in [3.8, 4) is 0 Å². The van der Waals surface area contributed by atoms with Gasteiger partial charge in [0.15, 0.2) is 0 Å². The molecule has 0 saturated heterocycles.